The molecule has 2 rings (SSSR count). The van der Waals surface area contributed by atoms with Gasteiger partial charge in [0.05, 0.1) is 6.54 Å². The van der Waals surface area contributed by atoms with E-state index in [9.17, 15) is 4.79 Å². The topological polar surface area (TPSA) is 35.6 Å². The SMILES string of the molecule is CN1CCCC(CNCC(=O)N2CCCCCC2)C1. The zero-order chi connectivity index (χ0) is 13.5. The number of nitrogens with one attached hydrogen (secondary N) is 1. The lowest BCUT2D eigenvalue weighted by Gasteiger charge is -2.30. The molecule has 0 aromatic rings. The first-order valence-electron chi connectivity index (χ1n) is 7.93. The Morgan fingerprint density at radius 3 is 2.53 bits per heavy atom. The van der Waals surface area contributed by atoms with Crippen LogP contribution in [0.5, 0.6) is 0 Å². The quantitative estimate of drug-likeness (QED) is 0.834. The summed E-state index contributed by atoms with van der Waals surface area (Å²) in [6.45, 7) is 5.84. The number of hydrogen-bond acceptors (Lipinski definition) is 3. The van der Waals surface area contributed by atoms with E-state index in [-0.39, 0.29) is 0 Å². The molecule has 0 spiro atoms. The predicted octanol–water partition coefficient (Wildman–Crippen LogP) is 1.32. The first-order chi connectivity index (χ1) is 9.25. The third-order valence-corrected chi connectivity index (χ3v) is 4.39. The zero-order valence-electron chi connectivity index (χ0n) is 12.4. The molecule has 4 heteroatoms. The molecule has 0 aromatic heterocycles. The lowest BCUT2D eigenvalue weighted by molar-refractivity contribution is -0.130. The number of carbonyl (C=O) groups is 1. The Labute approximate surface area is 117 Å². The third-order valence-electron chi connectivity index (χ3n) is 4.39. The molecule has 0 aliphatic carbocycles. The van der Waals surface area contributed by atoms with Gasteiger partial charge in [0.2, 0.25) is 5.91 Å². The maximum absolute atomic E-state index is 12.1. The van der Waals surface area contributed by atoms with Gasteiger partial charge in [-0.25, -0.2) is 0 Å². The predicted molar refractivity (Wildman–Crippen MR) is 78.1 cm³/mol. The van der Waals surface area contributed by atoms with Crippen molar-refractivity contribution in [3.05, 3.63) is 0 Å². The number of piperidine rings is 1. The number of likely N-dealkylation sites (tertiary alicyclic amines) is 2. The minimum Gasteiger partial charge on any atom is -0.342 e. The fourth-order valence-electron chi connectivity index (χ4n) is 3.25. The van der Waals surface area contributed by atoms with Crippen LogP contribution in [0.15, 0.2) is 0 Å². The highest BCUT2D eigenvalue weighted by Gasteiger charge is 2.18. The molecule has 0 bridgehead atoms. The highest BCUT2D eigenvalue weighted by Crippen LogP contribution is 2.14. The summed E-state index contributed by atoms with van der Waals surface area (Å²) >= 11 is 0. The molecule has 1 unspecified atom stereocenters. The number of carbonyl (C=O) groups excluding carboxylic acids is 1. The Bertz CT molecular complexity index is 275. The van der Waals surface area contributed by atoms with Crippen molar-refractivity contribution in [3.63, 3.8) is 0 Å². The Hall–Kier alpha value is -0.610. The molecular weight excluding hydrogens is 238 g/mol. The second-order valence-corrected chi connectivity index (χ2v) is 6.20. The second-order valence-electron chi connectivity index (χ2n) is 6.20. The van der Waals surface area contributed by atoms with Crippen LogP contribution in [-0.2, 0) is 4.79 Å². The molecule has 19 heavy (non-hydrogen) atoms. The van der Waals surface area contributed by atoms with Crippen LogP contribution >= 0.6 is 0 Å². The van der Waals surface area contributed by atoms with Crippen molar-refractivity contribution in [2.45, 2.75) is 38.5 Å². The summed E-state index contributed by atoms with van der Waals surface area (Å²) in [5.41, 5.74) is 0. The van der Waals surface area contributed by atoms with Gasteiger partial charge >= 0.3 is 0 Å². The lowest BCUT2D eigenvalue weighted by Crippen LogP contribution is -2.42. The monoisotopic (exact) mass is 267 g/mol. The third kappa shape index (κ3) is 5.11. The zero-order valence-corrected chi connectivity index (χ0v) is 12.4. The average molecular weight is 267 g/mol. The first-order valence-corrected chi connectivity index (χ1v) is 7.93. The van der Waals surface area contributed by atoms with Crippen molar-refractivity contribution in [2.24, 2.45) is 5.92 Å². The Balaban J connectivity index is 1.62. The summed E-state index contributed by atoms with van der Waals surface area (Å²) in [5.74, 6) is 1.02. The van der Waals surface area contributed by atoms with Crippen molar-refractivity contribution in [1.82, 2.24) is 15.1 Å². The molecule has 2 aliphatic heterocycles. The summed E-state index contributed by atoms with van der Waals surface area (Å²) in [6.07, 6.45) is 7.52. The maximum atomic E-state index is 12.1. The fourth-order valence-corrected chi connectivity index (χ4v) is 3.25. The summed E-state index contributed by atoms with van der Waals surface area (Å²) in [4.78, 5) is 16.6. The smallest absolute Gasteiger partial charge is 0.236 e. The Morgan fingerprint density at radius 1 is 1.11 bits per heavy atom. The van der Waals surface area contributed by atoms with Gasteiger partial charge in [-0.1, -0.05) is 12.8 Å². The van der Waals surface area contributed by atoms with Gasteiger partial charge in [-0.2, -0.15) is 0 Å². The summed E-state index contributed by atoms with van der Waals surface area (Å²) in [7, 11) is 2.19. The van der Waals surface area contributed by atoms with Gasteiger partial charge in [0, 0.05) is 19.6 Å². The molecule has 2 aliphatic rings. The van der Waals surface area contributed by atoms with Gasteiger partial charge in [-0.3, -0.25) is 4.79 Å². The first kappa shape index (κ1) is 14.8. The van der Waals surface area contributed by atoms with Gasteiger partial charge in [0.1, 0.15) is 0 Å². The van der Waals surface area contributed by atoms with Crippen molar-refractivity contribution in [1.29, 1.82) is 0 Å². The normalized spacial score (nSPS) is 26.2. The van der Waals surface area contributed by atoms with E-state index in [4.69, 9.17) is 0 Å². The molecule has 0 saturated carbocycles. The second kappa shape index (κ2) is 7.85. The molecule has 1 atom stereocenters. The van der Waals surface area contributed by atoms with E-state index in [1.54, 1.807) is 0 Å². The number of amides is 1. The number of nitrogens with zero attached hydrogens (tertiary/aromatic N) is 2. The molecule has 1 amide bonds. The molecule has 110 valence electrons. The van der Waals surface area contributed by atoms with E-state index in [0.29, 0.717) is 12.5 Å². The summed E-state index contributed by atoms with van der Waals surface area (Å²) in [6, 6.07) is 0. The molecule has 2 saturated heterocycles. The van der Waals surface area contributed by atoms with Crippen molar-refractivity contribution < 1.29 is 4.79 Å². The average Bonchev–Trinajstić information content (AvgIpc) is 2.67. The van der Waals surface area contributed by atoms with E-state index < -0.39 is 0 Å². The van der Waals surface area contributed by atoms with E-state index in [1.165, 1.54) is 51.6 Å². The van der Waals surface area contributed by atoms with Crippen LogP contribution in [0, 0.1) is 5.92 Å². The van der Waals surface area contributed by atoms with Crippen molar-refractivity contribution >= 4 is 5.91 Å². The van der Waals surface area contributed by atoms with Crippen LogP contribution < -0.4 is 5.32 Å². The van der Waals surface area contributed by atoms with Gasteiger partial charge in [0.15, 0.2) is 0 Å². The summed E-state index contributed by atoms with van der Waals surface area (Å²) < 4.78 is 0. The highest BCUT2D eigenvalue weighted by molar-refractivity contribution is 5.78. The van der Waals surface area contributed by atoms with Crippen LogP contribution in [0.25, 0.3) is 0 Å². The van der Waals surface area contributed by atoms with E-state index >= 15 is 0 Å². The van der Waals surface area contributed by atoms with Crippen LogP contribution in [0.2, 0.25) is 0 Å². The molecule has 2 heterocycles. The van der Waals surface area contributed by atoms with E-state index in [0.717, 1.165) is 25.6 Å². The largest absolute Gasteiger partial charge is 0.342 e. The van der Waals surface area contributed by atoms with Gasteiger partial charge < -0.3 is 15.1 Å². The van der Waals surface area contributed by atoms with Gasteiger partial charge in [-0.05, 0) is 51.7 Å². The molecule has 0 aromatic carbocycles. The Morgan fingerprint density at radius 2 is 1.84 bits per heavy atom. The standard InChI is InChI=1S/C15H29N3O/c1-17-8-6-7-14(13-17)11-16-12-15(19)18-9-4-2-3-5-10-18/h14,16H,2-13H2,1H3. The van der Waals surface area contributed by atoms with Crippen LogP contribution in [0.4, 0.5) is 0 Å². The lowest BCUT2D eigenvalue weighted by atomic mass is 9.98. The maximum Gasteiger partial charge on any atom is 0.236 e. The Kier molecular flexibility index (Phi) is 6.11. The van der Waals surface area contributed by atoms with Crippen LogP contribution in [0.1, 0.15) is 38.5 Å². The van der Waals surface area contributed by atoms with Crippen LogP contribution in [-0.4, -0.2) is 62.0 Å². The van der Waals surface area contributed by atoms with Gasteiger partial charge in [0.25, 0.3) is 0 Å². The van der Waals surface area contributed by atoms with E-state index in [1.807, 2.05) is 4.90 Å². The molecular formula is C15H29N3O. The van der Waals surface area contributed by atoms with Crippen molar-refractivity contribution in [2.75, 3.05) is 46.3 Å². The number of rotatable bonds is 4. The minimum absolute atomic E-state index is 0.297. The summed E-state index contributed by atoms with van der Waals surface area (Å²) in [5, 5.41) is 3.38. The molecule has 2 fully saturated rings. The van der Waals surface area contributed by atoms with E-state index in [2.05, 4.69) is 17.3 Å². The highest BCUT2D eigenvalue weighted by atomic mass is 16.2. The van der Waals surface area contributed by atoms with Crippen molar-refractivity contribution in [3.8, 4) is 0 Å². The molecule has 4 nitrogen and oxygen atoms in total. The number of hydrogen-bond donors (Lipinski definition) is 1. The molecule has 1 N–H and O–H groups in total. The fraction of sp³-hybridized carbons (Fsp3) is 0.933. The minimum atomic E-state index is 0.297. The molecule has 0 radical (unpaired) electrons. The van der Waals surface area contributed by atoms with Gasteiger partial charge in [-0.15, -0.1) is 0 Å². The van der Waals surface area contributed by atoms with Crippen LogP contribution in [0.3, 0.4) is 0 Å².